The lowest BCUT2D eigenvalue weighted by molar-refractivity contribution is -0.149. The van der Waals surface area contributed by atoms with Gasteiger partial charge in [0.1, 0.15) is 6.04 Å². The van der Waals surface area contributed by atoms with E-state index in [0.717, 1.165) is 5.56 Å². The van der Waals surface area contributed by atoms with Gasteiger partial charge in [-0.25, -0.2) is 0 Å². The highest BCUT2D eigenvalue weighted by atomic mass is 32.2. The van der Waals surface area contributed by atoms with Crippen LogP contribution in [0.15, 0.2) is 43.0 Å². The van der Waals surface area contributed by atoms with E-state index in [4.69, 9.17) is 0 Å². The van der Waals surface area contributed by atoms with E-state index in [-0.39, 0.29) is 36.1 Å². The highest BCUT2D eigenvalue weighted by Gasteiger charge is 2.76. The van der Waals surface area contributed by atoms with Gasteiger partial charge < -0.3 is 20.0 Å². The van der Waals surface area contributed by atoms with Gasteiger partial charge in [0, 0.05) is 24.9 Å². The van der Waals surface area contributed by atoms with Gasteiger partial charge in [0.25, 0.3) is 0 Å². The minimum absolute atomic E-state index is 0.0189. The van der Waals surface area contributed by atoms with Gasteiger partial charge in [0.05, 0.1) is 23.2 Å². The van der Waals surface area contributed by atoms with Crippen LogP contribution in [0.4, 0.5) is 0 Å². The molecule has 0 aliphatic carbocycles. The average molecular weight is 445 g/mol. The quantitative estimate of drug-likeness (QED) is 0.592. The number of carboxylic acids is 1. The zero-order valence-electron chi connectivity index (χ0n) is 17.5. The lowest BCUT2D eigenvalue weighted by Crippen LogP contribution is -2.57. The van der Waals surface area contributed by atoms with E-state index in [1.807, 2.05) is 37.3 Å². The van der Waals surface area contributed by atoms with Gasteiger partial charge in [-0.2, -0.15) is 0 Å². The van der Waals surface area contributed by atoms with Crippen molar-refractivity contribution >= 4 is 29.5 Å². The molecule has 1 aromatic carbocycles. The lowest BCUT2D eigenvalue weighted by Gasteiger charge is -2.40. The van der Waals surface area contributed by atoms with Gasteiger partial charge in [0.15, 0.2) is 0 Å². The van der Waals surface area contributed by atoms with Crippen LogP contribution in [0.5, 0.6) is 0 Å². The smallest absolute Gasteiger partial charge is 0.308 e. The first-order valence-corrected chi connectivity index (χ1v) is 11.5. The summed E-state index contributed by atoms with van der Waals surface area (Å²) in [5.41, 5.74) is 0.963. The van der Waals surface area contributed by atoms with Crippen molar-refractivity contribution in [1.82, 2.24) is 9.80 Å². The summed E-state index contributed by atoms with van der Waals surface area (Å²) in [6.45, 7) is 6.23. The Morgan fingerprint density at radius 1 is 1.35 bits per heavy atom. The van der Waals surface area contributed by atoms with Crippen LogP contribution < -0.4 is 0 Å². The van der Waals surface area contributed by atoms with Crippen molar-refractivity contribution in [1.29, 1.82) is 0 Å². The molecule has 3 fully saturated rings. The zero-order valence-corrected chi connectivity index (χ0v) is 18.3. The highest BCUT2D eigenvalue weighted by molar-refractivity contribution is 8.02. The first-order valence-electron chi connectivity index (χ1n) is 10.6. The molecule has 3 aliphatic heterocycles. The third-order valence-electron chi connectivity index (χ3n) is 6.98. The van der Waals surface area contributed by atoms with Crippen LogP contribution >= 0.6 is 11.8 Å². The number of nitrogens with zero attached hydrogens (tertiary/aromatic N) is 2. The van der Waals surface area contributed by atoms with Crippen LogP contribution in [0.2, 0.25) is 0 Å². The molecular formula is C23H28N2O5S. The largest absolute Gasteiger partial charge is 0.481 e. The first kappa shape index (κ1) is 21.9. The molecule has 1 aromatic rings. The second kappa shape index (κ2) is 8.31. The number of β-amino-alcohol motifs (C(OH)–C–C–N with tert-alkyl or cyclic N) is 1. The van der Waals surface area contributed by atoms with Crippen LogP contribution in [-0.2, 0) is 20.9 Å². The number of benzene rings is 1. The van der Waals surface area contributed by atoms with Crippen LogP contribution in [0.1, 0.15) is 18.9 Å². The Balaban J connectivity index is 1.74. The first-order chi connectivity index (χ1) is 14.9. The number of carbonyl (C=O) groups is 3. The van der Waals surface area contributed by atoms with Crippen molar-refractivity contribution in [2.24, 2.45) is 17.8 Å². The van der Waals surface area contributed by atoms with Gasteiger partial charge in [-0.05, 0) is 17.9 Å². The molecule has 7 nitrogen and oxygen atoms in total. The number of rotatable bonds is 8. The fourth-order valence-corrected chi connectivity index (χ4v) is 8.20. The van der Waals surface area contributed by atoms with E-state index in [9.17, 15) is 24.6 Å². The summed E-state index contributed by atoms with van der Waals surface area (Å²) in [6.07, 6.45) is 2.33. The number of carbonyl (C=O) groups excluding carboxylic acids is 2. The number of carboxylic acid groups (broad SMARTS) is 1. The number of amides is 2. The second-order valence-electron chi connectivity index (χ2n) is 8.64. The summed E-state index contributed by atoms with van der Waals surface area (Å²) in [5, 5.41) is 19.3. The average Bonchev–Trinajstić information content (AvgIpc) is 3.33. The van der Waals surface area contributed by atoms with Crippen LogP contribution in [0.25, 0.3) is 0 Å². The Morgan fingerprint density at radius 3 is 2.68 bits per heavy atom. The number of aliphatic hydroxyl groups is 1. The molecular weight excluding hydrogens is 416 g/mol. The predicted molar refractivity (Wildman–Crippen MR) is 117 cm³/mol. The minimum Gasteiger partial charge on any atom is -0.481 e. The summed E-state index contributed by atoms with van der Waals surface area (Å²) in [6, 6.07) is 8.81. The van der Waals surface area contributed by atoms with Crippen molar-refractivity contribution in [3.05, 3.63) is 48.6 Å². The minimum atomic E-state index is -0.978. The topological polar surface area (TPSA) is 98.2 Å². The van der Waals surface area contributed by atoms with Gasteiger partial charge in [0.2, 0.25) is 11.8 Å². The molecule has 1 spiro atoms. The van der Waals surface area contributed by atoms with E-state index in [1.54, 1.807) is 11.0 Å². The molecule has 8 heteroatoms. The van der Waals surface area contributed by atoms with Gasteiger partial charge in [-0.1, -0.05) is 43.3 Å². The highest BCUT2D eigenvalue weighted by Crippen LogP contribution is 2.68. The van der Waals surface area contributed by atoms with Crippen molar-refractivity contribution in [2.45, 2.75) is 35.9 Å². The standard InChI is InChI=1S/C23H28N2O5S/c1-3-9-24(13-15-7-5-4-6-8-15)21(28)19-23-14(2)12-16(31-23)17(22(29)30)18(23)20(27)25(19)10-11-26/h3-8,14,16-19,26H,1,9-13H2,2H3,(H,29,30)/t14?,16-,17+,18+,19?,23?/m1/s1. The summed E-state index contributed by atoms with van der Waals surface area (Å²) < 4.78 is -0.785. The van der Waals surface area contributed by atoms with Crippen LogP contribution in [-0.4, -0.2) is 73.5 Å². The number of thioether (sulfide) groups is 1. The molecule has 3 heterocycles. The Kier molecular flexibility index (Phi) is 5.87. The Hall–Kier alpha value is -2.32. The molecule has 0 aromatic heterocycles. The molecule has 0 radical (unpaired) electrons. The van der Waals surface area contributed by atoms with Gasteiger partial charge >= 0.3 is 5.97 Å². The fraction of sp³-hybridized carbons (Fsp3) is 0.522. The molecule has 3 aliphatic rings. The molecule has 0 saturated carbocycles. The van der Waals surface area contributed by atoms with E-state index in [0.29, 0.717) is 19.5 Å². The van der Waals surface area contributed by atoms with Gasteiger partial charge in [-0.15, -0.1) is 18.3 Å². The van der Waals surface area contributed by atoms with Crippen LogP contribution in [0.3, 0.4) is 0 Å². The van der Waals surface area contributed by atoms with E-state index < -0.39 is 28.6 Å². The fourth-order valence-electron chi connectivity index (χ4n) is 5.79. The molecule has 2 N–H and O–H groups in total. The predicted octanol–water partition coefficient (Wildman–Crippen LogP) is 1.62. The summed E-state index contributed by atoms with van der Waals surface area (Å²) in [4.78, 5) is 42.6. The number of aliphatic carboxylic acids is 1. The van der Waals surface area contributed by atoms with Crippen molar-refractivity contribution < 1.29 is 24.6 Å². The Morgan fingerprint density at radius 2 is 2.06 bits per heavy atom. The summed E-state index contributed by atoms with van der Waals surface area (Å²) >= 11 is 1.51. The maximum absolute atomic E-state index is 14.0. The van der Waals surface area contributed by atoms with E-state index in [1.165, 1.54) is 16.7 Å². The number of hydrogen-bond donors (Lipinski definition) is 2. The maximum Gasteiger partial charge on any atom is 0.308 e. The number of aliphatic hydroxyl groups excluding tert-OH is 1. The van der Waals surface area contributed by atoms with E-state index >= 15 is 0 Å². The summed E-state index contributed by atoms with van der Waals surface area (Å²) in [7, 11) is 0. The molecule has 3 saturated heterocycles. The molecule has 166 valence electrons. The normalized spacial score (nSPS) is 33.4. The molecule has 6 atom stereocenters. The monoisotopic (exact) mass is 444 g/mol. The molecule has 4 rings (SSSR count). The number of likely N-dealkylation sites (tertiary alicyclic amines) is 1. The van der Waals surface area contributed by atoms with Crippen molar-refractivity contribution in [3.63, 3.8) is 0 Å². The number of fused-ring (bicyclic) bond motifs is 1. The SMILES string of the molecule is C=CCN(Cc1ccccc1)C(=O)C1N(CCO)C(=O)[C@@H]2[C@@H](C(=O)O)[C@H]3CC(C)C12S3. The third-order valence-corrected chi connectivity index (χ3v) is 9.06. The third kappa shape index (κ3) is 3.27. The molecule has 2 amide bonds. The zero-order chi connectivity index (χ0) is 22.3. The summed E-state index contributed by atoms with van der Waals surface area (Å²) in [5.74, 6) is -3.03. The molecule has 2 bridgehead atoms. The molecule has 31 heavy (non-hydrogen) atoms. The molecule has 3 unspecified atom stereocenters. The number of hydrogen-bond acceptors (Lipinski definition) is 5. The Labute approximate surface area is 186 Å². The van der Waals surface area contributed by atoms with Crippen LogP contribution in [0, 0.1) is 17.8 Å². The maximum atomic E-state index is 14.0. The lowest BCUT2D eigenvalue weighted by atomic mass is 9.66. The van der Waals surface area contributed by atoms with Crippen molar-refractivity contribution in [2.75, 3.05) is 19.7 Å². The van der Waals surface area contributed by atoms with Crippen molar-refractivity contribution in [3.8, 4) is 0 Å². The Bertz CT molecular complexity index is 893. The van der Waals surface area contributed by atoms with Gasteiger partial charge in [-0.3, -0.25) is 14.4 Å². The van der Waals surface area contributed by atoms with E-state index in [2.05, 4.69) is 6.58 Å². The second-order valence-corrected chi connectivity index (χ2v) is 10.2.